The molecule has 3 aromatic heterocycles. The Morgan fingerprint density at radius 1 is 1.14 bits per heavy atom. The first-order valence-corrected chi connectivity index (χ1v) is 9.55. The smallest absolute Gasteiger partial charge is 0.239 e. The molecule has 7 heteroatoms. The van der Waals surface area contributed by atoms with E-state index < -0.39 is 0 Å². The third-order valence-electron chi connectivity index (χ3n) is 4.98. The van der Waals surface area contributed by atoms with Crippen LogP contribution in [0.25, 0.3) is 22.2 Å². The van der Waals surface area contributed by atoms with Gasteiger partial charge in [-0.2, -0.15) is 0 Å². The lowest BCUT2D eigenvalue weighted by Crippen LogP contribution is -2.36. The van der Waals surface area contributed by atoms with Crippen molar-refractivity contribution in [3.63, 3.8) is 0 Å². The fourth-order valence-corrected chi connectivity index (χ4v) is 3.40. The van der Waals surface area contributed by atoms with Crippen LogP contribution in [0.2, 0.25) is 0 Å². The summed E-state index contributed by atoms with van der Waals surface area (Å²) in [7, 11) is 2.12. The normalized spacial score (nSPS) is 16.0. The van der Waals surface area contributed by atoms with Gasteiger partial charge in [-0.15, -0.1) is 0 Å². The largest absolute Gasteiger partial charge is 0.310 e. The average molecular weight is 376 g/mol. The van der Waals surface area contributed by atoms with Gasteiger partial charge in [0.05, 0.1) is 17.8 Å². The SMILES string of the molecule is CN1CCCN(CC(=O)Nc2cc3nc(-c4cccnc4)ccc3cn2)CC1. The number of carbonyl (C=O) groups excluding carboxylic acids is 1. The number of pyridine rings is 3. The fraction of sp³-hybridized carbons (Fsp3) is 0.333. The van der Waals surface area contributed by atoms with Crippen LogP contribution in [-0.4, -0.2) is 70.4 Å². The van der Waals surface area contributed by atoms with Crippen molar-refractivity contribution in [3.8, 4) is 11.3 Å². The van der Waals surface area contributed by atoms with Crippen LogP contribution in [-0.2, 0) is 4.79 Å². The maximum absolute atomic E-state index is 12.5. The lowest BCUT2D eigenvalue weighted by atomic mass is 10.1. The predicted molar refractivity (Wildman–Crippen MR) is 110 cm³/mol. The van der Waals surface area contributed by atoms with Crippen molar-refractivity contribution < 1.29 is 4.79 Å². The van der Waals surface area contributed by atoms with Gasteiger partial charge in [0.25, 0.3) is 0 Å². The van der Waals surface area contributed by atoms with Crippen LogP contribution in [0.3, 0.4) is 0 Å². The number of nitrogens with zero attached hydrogens (tertiary/aromatic N) is 5. The molecule has 0 spiro atoms. The van der Waals surface area contributed by atoms with E-state index in [4.69, 9.17) is 4.98 Å². The minimum Gasteiger partial charge on any atom is -0.310 e. The molecule has 4 heterocycles. The molecule has 1 fully saturated rings. The molecule has 0 aliphatic carbocycles. The Labute approximate surface area is 164 Å². The molecule has 1 N–H and O–H groups in total. The van der Waals surface area contributed by atoms with Crippen LogP contribution < -0.4 is 5.32 Å². The highest BCUT2D eigenvalue weighted by Crippen LogP contribution is 2.21. The molecule has 144 valence electrons. The minimum absolute atomic E-state index is 0.0418. The Bertz CT molecular complexity index is 962. The molecular formula is C21H24N6O. The van der Waals surface area contributed by atoms with Gasteiger partial charge in [0, 0.05) is 48.7 Å². The number of carbonyl (C=O) groups is 1. The molecule has 1 amide bonds. The Kier molecular flexibility index (Phi) is 5.55. The molecule has 0 saturated carbocycles. The molecule has 0 unspecified atom stereocenters. The zero-order valence-electron chi connectivity index (χ0n) is 16.0. The second-order valence-electron chi connectivity index (χ2n) is 7.18. The molecule has 28 heavy (non-hydrogen) atoms. The van der Waals surface area contributed by atoms with Gasteiger partial charge < -0.3 is 10.2 Å². The summed E-state index contributed by atoms with van der Waals surface area (Å²) in [5.41, 5.74) is 2.60. The molecular weight excluding hydrogens is 352 g/mol. The fourth-order valence-electron chi connectivity index (χ4n) is 3.40. The van der Waals surface area contributed by atoms with E-state index in [0.29, 0.717) is 12.4 Å². The van der Waals surface area contributed by atoms with Crippen molar-refractivity contribution in [3.05, 3.63) is 48.9 Å². The maximum Gasteiger partial charge on any atom is 0.239 e. The van der Waals surface area contributed by atoms with E-state index in [1.807, 2.05) is 30.3 Å². The molecule has 7 nitrogen and oxygen atoms in total. The summed E-state index contributed by atoms with van der Waals surface area (Å²) < 4.78 is 0. The number of aromatic nitrogens is 3. The van der Waals surface area contributed by atoms with Gasteiger partial charge in [-0.1, -0.05) is 0 Å². The Morgan fingerprint density at radius 3 is 2.93 bits per heavy atom. The van der Waals surface area contributed by atoms with Crippen LogP contribution in [0.4, 0.5) is 5.82 Å². The molecule has 0 atom stereocenters. The average Bonchev–Trinajstić information content (AvgIpc) is 2.92. The van der Waals surface area contributed by atoms with Crippen molar-refractivity contribution >= 4 is 22.6 Å². The van der Waals surface area contributed by atoms with Gasteiger partial charge in [-0.05, 0) is 50.8 Å². The molecule has 1 aliphatic heterocycles. The highest BCUT2D eigenvalue weighted by Gasteiger charge is 2.15. The number of hydrogen-bond donors (Lipinski definition) is 1. The second-order valence-corrected chi connectivity index (χ2v) is 7.18. The summed E-state index contributed by atoms with van der Waals surface area (Å²) in [6, 6.07) is 9.62. The monoisotopic (exact) mass is 376 g/mol. The van der Waals surface area contributed by atoms with Gasteiger partial charge >= 0.3 is 0 Å². The van der Waals surface area contributed by atoms with E-state index in [1.165, 1.54) is 0 Å². The van der Waals surface area contributed by atoms with E-state index in [2.05, 4.69) is 32.1 Å². The quantitative estimate of drug-likeness (QED) is 0.753. The van der Waals surface area contributed by atoms with E-state index in [9.17, 15) is 4.79 Å². The van der Waals surface area contributed by atoms with Gasteiger partial charge in [-0.3, -0.25) is 14.7 Å². The molecule has 3 aromatic rings. The molecule has 0 bridgehead atoms. The summed E-state index contributed by atoms with van der Waals surface area (Å²) in [4.78, 5) is 30.2. The Hall–Kier alpha value is -2.90. The minimum atomic E-state index is -0.0418. The summed E-state index contributed by atoms with van der Waals surface area (Å²) >= 11 is 0. The number of likely N-dealkylation sites (N-methyl/N-ethyl adjacent to an activating group) is 1. The predicted octanol–water partition coefficient (Wildman–Crippen LogP) is 2.27. The third-order valence-corrected chi connectivity index (χ3v) is 4.98. The topological polar surface area (TPSA) is 74.2 Å². The number of nitrogens with one attached hydrogen (secondary N) is 1. The first kappa shape index (κ1) is 18.5. The van der Waals surface area contributed by atoms with E-state index in [0.717, 1.165) is 54.8 Å². The maximum atomic E-state index is 12.5. The lowest BCUT2D eigenvalue weighted by molar-refractivity contribution is -0.117. The van der Waals surface area contributed by atoms with Crippen LogP contribution >= 0.6 is 0 Å². The first-order valence-electron chi connectivity index (χ1n) is 9.55. The number of fused-ring (bicyclic) bond motifs is 1. The Morgan fingerprint density at radius 2 is 2.07 bits per heavy atom. The second kappa shape index (κ2) is 8.41. The molecule has 4 rings (SSSR count). The first-order chi connectivity index (χ1) is 13.7. The van der Waals surface area contributed by atoms with Crippen LogP contribution in [0.5, 0.6) is 0 Å². The van der Waals surface area contributed by atoms with Gasteiger partial charge in [0.15, 0.2) is 0 Å². The number of anilines is 1. The molecule has 0 aromatic carbocycles. The summed E-state index contributed by atoms with van der Waals surface area (Å²) in [5, 5.41) is 3.85. The summed E-state index contributed by atoms with van der Waals surface area (Å²) in [6.45, 7) is 4.30. The summed E-state index contributed by atoms with van der Waals surface area (Å²) in [5.74, 6) is 0.486. The highest BCUT2D eigenvalue weighted by molar-refractivity contribution is 5.93. The highest BCUT2D eigenvalue weighted by atomic mass is 16.2. The zero-order chi connectivity index (χ0) is 19.3. The zero-order valence-corrected chi connectivity index (χ0v) is 16.0. The van der Waals surface area contributed by atoms with Crippen molar-refractivity contribution in [1.29, 1.82) is 0 Å². The number of amides is 1. The van der Waals surface area contributed by atoms with Crippen LogP contribution in [0.1, 0.15) is 6.42 Å². The van der Waals surface area contributed by atoms with Gasteiger partial charge in [-0.25, -0.2) is 9.97 Å². The van der Waals surface area contributed by atoms with Crippen molar-refractivity contribution in [2.75, 3.05) is 45.1 Å². The van der Waals surface area contributed by atoms with Crippen LogP contribution in [0.15, 0.2) is 48.9 Å². The standard InChI is InChI=1S/C21H24N6O/c1-26-8-3-9-27(11-10-26)15-21(28)25-20-12-19-17(14-23-20)5-6-18(24-19)16-4-2-7-22-13-16/h2,4-7,12-14H,3,8-11,15H2,1H3,(H,23,25,28). The number of rotatable bonds is 4. The van der Waals surface area contributed by atoms with Gasteiger partial charge in [0.2, 0.25) is 5.91 Å². The third kappa shape index (κ3) is 4.49. The molecule has 1 aliphatic rings. The Balaban J connectivity index is 1.47. The van der Waals surface area contributed by atoms with E-state index >= 15 is 0 Å². The van der Waals surface area contributed by atoms with E-state index in [1.54, 1.807) is 18.6 Å². The number of hydrogen-bond acceptors (Lipinski definition) is 6. The molecule has 0 radical (unpaired) electrons. The molecule has 1 saturated heterocycles. The van der Waals surface area contributed by atoms with Crippen LogP contribution in [0, 0.1) is 0 Å². The lowest BCUT2D eigenvalue weighted by Gasteiger charge is -2.19. The van der Waals surface area contributed by atoms with Crippen molar-refractivity contribution in [2.24, 2.45) is 0 Å². The summed E-state index contributed by atoms with van der Waals surface area (Å²) in [6.07, 6.45) is 6.35. The van der Waals surface area contributed by atoms with Crippen molar-refractivity contribution in [1.82, 2.24) is 24.8 Å². The van der Waals surface area contributed by atoms with Gasteiger partial charge in [0.1, 0.15) is 5.82 Å². The van der Waals surface area contributed by atoms with Crippen molar-refractivity contribution in [2.45, 2.75) is 6.42 Å². The van der Waals surface area contributed by atoms with E-state index in [-0.39, 0.29) is 5.91 Å².